The van der Waals surface area contributed by atoms with Crippen LogP contribution < -0.4 is 10.6 Å². The highest BCUT2D eigenvalue weighted by atomic mass is 16.5. The lowest BCUT2D eigenvalue weighted by molar-refractivity contribution is 0.0989. The normalized spacial score (nSPS) is 20.0. The van der Waals surface area contributed by atoms with Crippen LogP contribution in [0.3, 0.4) is 0 Å². The molecule has 0 spiro atoms. The summed E-state index contributed by atoms with van der Waals surface area (Å²) in [6, 6.07) is 5.70. The number of ether oxygens (including phenoxy) is 1. The van der Waals surface area contributed by atoms with E-state index in [1.165, 1.54) is 0 Å². The van der Waals surface area contributed by atoms with Crippen molar-refractivity contribution in [1.29, 1.82) is 0 Å². The largest absolute Gasteiger partial charge is 0.472 e. The topological polar surface area (TPSA) is 58.7 Å². The van der Waals surface area contributed by atoms with Gasteiger partial charge in [-0.25, -0.2) is 0 Å². The van der Waals surface area contributed by atoms with Crippen LogP contribution >= 0.6 is 0 Å². The van der Waals surface area contributed by atoms with E-state index < -0.39 is 0 Å². The molecule has 1 aliphatic heterocycles. The second-order valence-electron chi connectivity index (χ2n) is 3.97. The van der Waals surface area contributed by atoms with Crippen molar-refractivity contribution < 1.29 is 9.84 Å². The molecule has 0 radical (unpaired) electrons. The molecular weight excluding hydrogens is 204 g/mol. The van der Waals surface area contributed by atoms with Gasteiger partial charge in [-0.3, -0.25) is 0 Å². The molecule has 0 aromatic heterocycles. The fourth-order valence-electron chi connectivity index (χ4n) is 1.91. The van der Waals surface area contributed by atoms with Crippen molar-refractivity contribution in [3.05, 3.63) is 36.2 Å². The van der Waals surface area contributed by atoms with E-state index in [2.05, 4.69) is 6.58 Å². The molecule has 1 saturated heterocycles. The summed E-state index contributed by atoms with van der Waals surface area (Å²) in [6.07, 6.45) is -0.190. The molecule has 0 bridgehead atoms. The van der Waals surface area contributed by atoms with Crippen LogP contribution in [0.4, 0.5) is 11.4 Å². The van der Waals surface area contributed by atoms with Gasteiger partial charge in [0.1, 0.15) is 6.10 Å². The summed E-state index contributed by atoms with van der Waals surface area (Å²) >= 11 is 0. The van der Waals surface area contributed by atoms with E-state index in [1.54, 1.807) is 0 Å². The molecule has 1 aromatic rings. The maximum atomic E-state index is 9.05. The Balaban J connectivity index is 2.28. The van der Waals surface area contributed by atoms with Crippen LogP contribution in [0, 0.1) is 6.92 Å². The van der Waals surface area contributed by atoms with Crippen molar-refractivity contribution >= 4 is 11.4 Å². The van der Waals surface area contributed by atoms with Crippen molar-refractivity contribution in [2.45, 2.75) is 13.0 Å². The summed E-state index contributed by atoms with van der Waals surface area (Å²) < 4.78 is 5.41. The molecule has 1 heterocycles. The van der Waals surface area contributed by atoms with Crippen LogP contribution in [-0.4, -0.2) is 24.4 Å². The van der Waals surface area contributed by atoms with E-state index >= 15 is 0 Å². The number of nitrogen functional groups attached to an aromatic ring is 1. The Bertz CT molecular complexity index is 417. The number of hydrogen-bond donors (Lipinski definition) is 2. The first-order chi connectivity index (χ1) is 7.61. The standard InChI is InChI=1S/C12H16N2O2/c1-8-5-10(13)3-4-12(8)14-6-11(7-15)16-9(14)2/h3-5,11,15H,2,6-7,13H2,1H3. The van der Waals surface area contributed by atoms with Crippen LogP contribution in [0.5, 0.6) is 0 Å². The summed E-state index contributed by atoms with van der Waals surface area (Å²) in [5.41, 5.74) is 8.54. The minimum Gasteiger partial charge on any atom is -0.472 e. The fraction of sp³-hybridized carbons (Fsp3) is 0.333. The van der Waals surface area contributed by atoms with E-state index in [1.807, 2.05) is 30.0 Å². The van der Waals surface area contributed by atoms with E-state index in [9.17, 15) is 0 Å². The Morgan fingerprint density at radius 1 is 1.62 bits per heavy atom. The van der Waals surface area contributed by atoms with Crippen molar-refractivity contribution in [2.24, 2.45) is 0 Å². The molecule has 0 aliphatic carbocycles. The van der Waals surface area contributed by atoms with Gasteiger partial charge in [-0.1, -0.05) is 0 Å². The first-order valence-electron chi connectivity index (χ1n) is 5.22. The summed E-state index contributed by atoms with van der Waals surface area (Å²) in [5, 5.41) is 9.05. The minimum absolute atomic E-state index is 0.00351. The van der Waals surface area contributed by atoms with Gasteiger partial charge in [-0.15, -0.1) is 0 Å². The Labute approximate surface area is 94.9 Å². The van der Waals surface area contributed by atoms with E-state index in [4.69, 9.17) is 15.6 Å². The second-order valence-corrected chi connectivity index (χ2v) is 3.97. The van der Waals surface area contributed by atoms with Crippen LogP contribution in [0.25, 0.3) is 0 Å². The lowest BCUT2D eigenvalue weighted by Gasteiger charge is -2.19. The van der Waals surface area contributed by atoms with Gasteiger partial charge >= 0.3 is 0 Å². The summed E-state index contributed by atoms with van der Waals surface area (Å²) in [5.74, 6) is 0.576. The van der Waals surface area contributed by atoms with Gasteiger partial charge in [-0.05, 0) is 37.3 Å². The number of nitrogens with zero attached hydrogens (tertiary/aromatic N) is 1. The number of anilines is 2. The molecule has 1 fully saturated rings. The highest BCUT2D eigenvalue weighted by molar-refractivity contribution is 5.62. The van der Waals surface area contributed by atoms with Crippen molar-refractivity contribution in [3.8, 4) is 0 Å². The van der Waals surface area contributed by atoms with Gasteiger partial charge in [-0.2, -0.15) is 0 Å². The number of aliphatic hydroxyl groups excluding tert-OH is 1. The zero-order chi connectivity index (χ0) is 11.7. The number of rotatable bonds is 2. The average molecular weight is 220 g/mol. The molecule has 2 rings (SSSR count). The van der Waals surface area contributed by atoms with Crippen LogP contribution in [-0.2, 0) is 4.74 Å². The average Bonchev–Trinajstić information content (AvgIpc) is 2.60. The molecule has 0 amide bonds. The molecular formula is C12H16N2O2. The smallest absolute Gasteiger partial charge is 0.186 e. The first kappa shape index (κ1) is 10.8. The van der Waals surface area contributed by atoms with Gasteiger partial charge in [0.05, 0.1) is 13.2 Å². The zero-order valence-electron chi connectivity index (χ0n) is 9.31. The molecule has 16 heavy (non-hydrogen) atoms. The Hall–Kier alpha value is -1.68. The highest BCUT2D eigenvalue weighted by Crippen LogP contribution is 2.29. The first-order valence-corrected chi connectivity index (χ1v) is 5.22. The number of aryl methyl sites for hydroxylation is 1. The maximum Gasteiger partial charge on any atom is 0.186 e. The number of aliphatic hydroxyl groups is 1. The second kappa shape index (κ2) is 4.06. The molecule has 4 heteroatoms. The Kier molecular flexibility index (Phi) is 2.75. The maximum absolute atomic E-state index is 9.05. The van der Waals surface area contributed by atoms with Gasteiger partial charge in [0.2, 0.25) is 0 Å². The lowest BCUT2D eigenvalue weighted by Crippen LogP contribution is -2.23. The monoisotopic (exact) mass is 220 g/mol. The number of hydrogen-bond acceptors (Lipinski definition) is 4. The predicted molar refractivity (Wildman–Crippen MR) is 64.0 cm³/mol. The van der Waals surface area contributed by atoms with Crippen LogP contribution in [0.15, 0.2) is 30.7 Å². The Morgan fingerprint density at radius 3 is 2.94 bits per heavy atom. The molecule has 3 N–H and O–H groups in total. The quantitative estimate of drug-likeness (QED) is 0.736. The molecule has 1 aromatic carbocycles. The van der Waals surface area contributed by atoms with Crippen LogP contribution in [0.1, 0.15) is 5.56 Å². The van der Waals surface area contributed by atoms with E-state index in [-0.39, 0.29) is 12.7 Å². The van der Waals surface area contributed by atoms with Crippen molar-refractivity contribution in [2.75, 3.05) is 23.8 Å². The van der Waals surface area contributed by atoms with Gasteiger partial charge < -0.3 is 20.5 Å². The lowest BCUT2D eigenvalue weighted by atomic mass is 10.1. The SMILES string of the molecule is C=C1OC(CO)CN1c1ccc(N)cc1C. The summed E-state index contributed by atoms with van der Waals surface area (Å²) in [4.78, 5) is 1.95. The van der Waals surface area contributed by atoms with Crippen LogP contribution in [0.2, 0.25) is 0 Å². The molecule has 1 atom stereocenters. The Morgan fingerprint density at radius 2 is 2.38 bits per heavy atom. The summed E-state index contributed by atoms with van der Waals surface area (Å²) in [6.45, 7) is 6.45. The predicted octanol–water partition coefficient (Wildman–Crippen LogP) is 1.25. The van der Waals surface area contributed by atoms with Gasteiger partial charge in [0, 0.05) is 11.4 Å². The minimum atomic E-state index is -0.190. The van der Waals surface area contributed by atoms with Crippen molar-refractivity contribution in [3.63, 3.8) is 0 Å². The van der Waals surface area contributed by atoms with E-state index in [0.717, 1.165) is 16.9 Å². The van der Waals surface area contributed by atoms with Gasteiger partial charge in [0.15, 0.2) is 5.88 Å². The molecule has 1 aliphatic rings. The van der Waals surface area contributed by atoms with Crippen molar-refractivity contribution in [1.82, 2.24) is 0 Å². The van der Waals surface area contributed by atoms with E-state index in [0.29, 0.717) is 12.4 Å². The fourth-order valence-corrected chi connectivity index (χ4v) is 1.91. The third-order valence-corrected chi connectivity index (χ3v) is 2.71. The molecule has 0 saturated carbocycles. The number of benzene rings is 1. The number of nitrogens with two attached hydrogens (primary N) is 1. The molecule has 4 nitrogen and oxygen atoms in total. The highest BCUT2D eigenvalue weighted by Gasteiger charge is 2.27. The molecule has 86 valence electrons. The summed E-state index contributed by atoms with van der Waals surface area (Å²) in [7, 11) is 0. The molecule has 1 unspecified atom stereocenters. The third-order valence-electron chi connectivity index (χ3n) is 2.71. The zero-order valence-corrected chi connectivity index (χ0v) is 9.31. The third kappa shape index (κ3) is 1.84. The van der Waals surface area contributed by atoms with Gasteiger partial charge in [0.25, 0.3) is 0 Å².